The molecular weight excluding hydrogens is 722 g/mol. The molecule has 10 nitrogen and oxygen atoms in total. The maximum absolute atomic E-state index is 17.2. The van der Waals surface area contributed by atoms with Gasteiger partial charge in [0.2, 0.25) is 6.43 Å². The minimum absolute atomic E-state index is 0.00343. The predicted molar refractivity (Wildman–Crippen MR) is 181 cm³/mol. The van der Waals surface area contributed by atoms with Gasteiger partial charge in [0.15, 0.2) is 11.6 Å². The van der Waals surface area contributed by atoms with Gasteiger partial charge in [0, 0.05) is 41.6 Å². The summed E-state index contributed by atoms with van der Waals surface area (Å²) in [7, 11) is 1.51. The fraction of sp³-hybridized carbons (Fsp3) is 0.333. The Morgan fingerprint density at radius 3 is 2.67 bits per heavy atom. The number of nitrogen functional groups attached to an aromatic ring is 2. The maximum atomic E-state index is 17.2. The molecule has 266 valence electrons. The number of likely N-dealkylation sites (N-methyl/N-ethyl adjacent to an activating group) is 1. The van der Waals surface area contributed by atoms with Gasteiger partial charge in [-0.3, -0.25) is 4.90 Å². The highest BCUT2D eigenvalue weighted by Gasteiger charge is 2.44. The van der Waals surface area contributed by atoms with Gasteiger partial charge < -0.3 is 25.8 Å². The molecule has 2 aliphatic rings. The number of rotatable bonds is 8. The lowest BCUT2D eigenvalue weighted by atomic mass is 9.96. The van der Waals surface area contributed by atoms with E-state index in [0.29, 0.717) is 0 Å². The Bertz CT molecular complexity index is 2230. The number of benzene rings is 2. The molecule has 5 heterocycles. The molecule has 4 N–H and O–H groups in total. The van der Waals surface area contributed by atoms with E-state index in [9.17, 15) is 27.2 Å². The minimum Gasteiger partial charge on any atom is -0.489 e. The molecule has 0 amide bonds. The Balaban J connectivity index is 1.48. The highest BCUT2D eigenvalue weighted by Crippen LogP contribution is 2.51. The molecule has 0 bridgehead atoms. The number of fused-ring (bicyclic) bond motifs is 1. The van der Waals surface area contributed by atoms with Crippen LogP contribution in [0.15, 0.2) is 30.5 Å². The van der Waals surface area contributed by atoms with Gasteiger partial charge in [-0.1, -0.05) is 23.7 Å². The Hall–Kier alpha value is -4.79. The summed E-state index contributed by atoms with van der Waals surface area (Å²) in [6.45, 7) is -1.06. The standard InChI is InChI=1S/C33H27ClF6N8O2S/c1-47-13-33(39,40)10-14(47)12-50-32-45-26-23-27(24(34)22(25(26)38)16-4-5-18(35)28-21(16)17(11-41)30(43)51-28)49-8-7-48(31(23)46-32)19(9-20(36)37)15-3-2-6-44-29(15)42/h2-6,14,19-20H,7-10,12-13,43H2,1H3,(H2,42,44)/t14-,19+/m0/s1. The van der Waals surface area contributed by atoms with E-state index in [1.807, 2.05) is 6.07 Å². The van der Waals surface area contributed by atoms with E-state index in [-0.39, 0.29) is 84.9 Å². The number of thiophene rings is 1. The summed E-state index contributed by atoms with van der Waals surface area (Å²) < 4.78 is 101. The molecule has 5 aromatic rings. The lowest BCUT2D eigenvalue weighted by molar-refractivity contribution is 0.0136. The van der Waals surface area contributed by atoms with Crippen LogP contribution in [-0.4, -0.2) is 71.6 Å². The van der Waals surface area contributed by atoms with Gasteiger partial charge in [-0.2, -0.15) is 15.2 Å². The number of hydrogen-bond donors (Lipinski definition) is 2. The molecule has 2 atom stereocenters. The van der Waals surface area contributed by atoms with Gasteiger partial charge in [0.05, 0.1) is 39.8 Å². The first-order valence-electron chi connectivity index (χ1n) is 15.5. The summed E-state index contributed by atoms with van der Waals surface area (Å²) in [5.41, 5.74) is 11.6. The Labute approximate surface area is 295 Å². The number of ether oxygens (including phenoxy) is 2. The Kier molecular flexibility index (Phi) is 8.88. The fourth-order valence-electron chi connectivity index (χ4n) is 6.76. The predicted octanol–water partition coefficient (Wildman–Crippen LogP) is 7.19. The van der Waals surface area contributed by atoms with Crippen molar-refractivity contribution in [3.63, 3.8) is 0 Å². The van der Waals surface area contributed by atoms with Crippen molar-refractivity contribution in [2.45, 2.75) is 37.3 Å². The number of halogens is 7. The molecular formula is C33H27ClF6N8O2S. The van der Waals surface area contributed by atoms with Crippen LogP contribution in [0.25, 0.3) is 32.1 Å². The van der Waals surface area contributed by atoms with Crippen molar-refractivity contribution in [2.75, 3.05) is 49.7 Å². The summed E-state index contributed by atoms with van der Waals surface area (Å²) in [5.74, 6) is -4.96. The van der Waals surface area contributed by atoms with Crippen LogP contribution in [-0.2, 0) is 0 Å². The van der Waals surface area contributed by atoms with E-state index < -0.39 is 67.0 Å². The maximum Gasteiger partial charge on any atom is 0.319 e. The third kappa shape index (κ3) is 6.04. The van der Waals surface area contributed by atoms with Crippen LogP contribution in [0.3, 0.4) is 0 Å². The number of alkyl halides is 4. The van der Waals surface area contributed by atoms with Crippen LogP contribution >= 0.6 is 22.9 Å². The van der Waals surface area contributed by atoms with Gasteiger partial charge in [-0.05, 0) is 24.7 Å². The monoisotopic (exact) mass is 748 g/mol. The molecule has 1 fully saturated rings. The normalized spacial score (nSPS) is 17.9. The average molecular weight is 749 g/mol. The lowest BCUT2D eigenvalue weighted by Crippen LogP contribution is -2.34. The fourth-order valence-corrected chi connectivity index (χ4v) is 8.05. The molecule has 3 aromatic heterocycles. The molecule has 1 saturated heterocycles. The zero-order valence-corrected chi connectivity index (χ0v) is 28.1. The Morgan fingerprint density at radius 1 is 1.20 bits per heavy atom. The van der Waals surface area contributed by atoms with Gasteiger partial charge in [0.1, 0.15) is 47.3 Å². The van der Waals surface area contributed by atoms with Crippen molar-refractivity contribution >= 4 is 60.6 Å². The average Bonchev–Trinajstić information content (AvgIpc) is 3.48. The van der Waals surface area contributed by atoms with E-state index in [1.54, 1.807) is 0 Å². The van der Waals surface area contributed by atoms with Crippen molar-refractivity contribution in [1.29, 1.82) is 5.26 Å². The van der Waals surface area contributed by atoms with E-state index in [1.165, 1.54) is 41.2 Å². The van der Waals surface area contributed by atoms with Crippen LogP contribution in [0.2, 0.25) is 5.02 Å². The summed E-state index contributed by atoms with van der Waals surface area (Å²) in [6.07, 6.45) is -2.68. The molecule has 0 spiro atoms. The van der Waals surface area contributed by atoms with Crippen LogP contribution in [0.1, 0.15) is 30.0 Å². The zero-order valence-electron chi connectivity index (χ0n) is 26.6. The minimum atomic E-state index is -2.96. The summed E-state index contributed by atoms with van der Waals surface area (Å²) >= 11 is 7.74. The van der Waals surface area contributed by atoms with E-state index in [2.05, 4.69) is 15.0 Å². The smallest absolute Gasteiger partial charge is 0.319 e. The van der Waals surface area contributed by atoms with Crippen molar-refractivity contribution in [2.24, 2.45) is 0 Å². The van der Waals surface area contributed by atoms with E-state index in [4.69, 9.17) is 32.5 Å². The summed E-state index contributed by atoms with van der Waals surface area (Å²) in [4.78, 5) is 15.8. The number of pyridine rings is 1. The number of aromatic nitrogens is 3. The first-order chi connectivity index (χ1) is 24.3. The number of anilines is 3. The van der Waals surface area contributed by atoms with Crippen molar-refractivity contribution < 1.29 is 35.8 Å². The molecule has 0 unspecified atom stereocenters. The second-order valence-electron chi connectivity index (χ2n) is 12.2. The topological polar surface area (TPSA) is 139 Å². The largest absolute Gasteiger partial charge is 0.489 e. The SMILES string of the molecule is CN1CC(F)(F)C[C@H]1COc1nc2c3c(c(Cl)c(-c4ccc(F)c5sc(N)c(C#N)c45)c(F)c3n1)OCCN2[C@H](CC(F)F)c1cccnc1N. The Morgan fingerprint density at radius 2 is 1.98 bits per heavy atom. The highest BCUT2D eigenvalue weighted by atomic mass is 35.5. The van der Waals surface area contributed by atoms with Gasteiger partial charge in [-0.25, -0.2) is 31.3 Å². The van der Waals surface area contributed by atoms with Crippen LogP contribution in [0.4, 0.5) is 43.0 Å². The van der Waals surface area contributed by atoms with Gasteiger partial charge >= 0.3 is 6.01 Å². The zero-order chi connectivity index (χ0) is 36.4. The molecule has 2 aliphatic heterocycles. The third-order valence-electron chi connectivity index (χ3n) is 9.04. The van der Waals surface area contributed by atoms with E-state index >= 15 is 4.39 Å². The van der Waals surface area contributed by atoms with Crippen LogP contribution in [0.5, 0.6) is 11.8 Å². The molecule has 0 radical (unpaired) electrons. The number of nitrogens with zero attached hydrogens (tertiary/aromatic N) is 6. The van der Waals surface area contributed by atoms with Gasteiger partial charge in [-0.15, -0.1) is 11.3 Å². The quantitative estimate of drug-likeness (QED) is 0.157. The highest BCUT2D eigenvalue weighted by molar-refractivity contribution is 7.23. The summed E-state index contributed by atoms with van der Waals surface area (Å²) in [5, 5.41) is 9.53. The first-order valence-corrected chi connectivity index (χ1v) is 16.7. The van der Waals surface area contributed by atoms with Crippen LogP contribution < -0.4 is 25.8 Å². The number of nitrogens with two attached hydrogens (primary N) is 2. The first kappa shape index (κ1) is 34.6. The second kappa shape index (κ2) is 13.1. The molecule has 0 saturated carbocycles. The second-order valence-corrected chi connectivity index (χ2v) is 13.7. The molecule has 51 heavy (non-hydrogen) atoms. The van der Waals surface area contributed by atoms with Gasteiger partial charge in [0.25, 0.3) is 5.92 Å². The van der Waals surface area contributed by atoms with E-state index in [0.717, 1.165) is 17.4 Å². The number of hydrogen-bond acceptors (Lipinski definition) is 11. The molecule has 2 aromatic carbocycles. The number of likely N-dealkylation sites (tertiary alicyclic amines) is 1. The van der Waals surface area contributed by atoms with Crippen molar-refractivity contribution in [1.82, 2.24) is 19.9 Å². The molecule has 18 heteroatoms. The molecule has 0 aliphatic carbocycles. The third-order valence-corrected chi connectivity index (χ3v) is 10.4. The van der Waals surface area contributed by atoms with Crippen molar-refractivity contribution in [3.8, 4) is 29.0 Å². The van der Waals surface area contributed by atoms with Crippen LogP contribution in [0, 0.1) is 23.0 Å². The number of nitriles is 1. The van der Waals surface area contributed by atoms with Crippen molar-refractivity contribution in [3.05, 3.63) is 58.2 Å². The summed E-state index contributed by atoms with van der Waals surface area (Å²) in [6, 6.07) is 4.98. The lowest BCUT2D eigenvalue weighted by Gasteiger charge is -2.33. The molecule has 7 rings (SSSR count).